The van der Waals surface area contributed by atoms with Crippen molar-refractivity contribution >= 4 is 51.0 Å². The number of imidazole rings is 1. The Morgan fingerprint density at radius 3 is 2.83 bits per heavy atom. The maximum Gasteiger partial charge on any atom is 0.339 e. The molecule has 30 heavy (non-hydrogen) atoms. The number of esters is 1. The predicted octanol–water partition coefficient (Wildman–Crippen LogP) is 4.16. The smallest absolute Gasteiger partial charge is 0.339 e. The van der Waals surface area contributed by atoms with Gasteiger partial charge in [-0.05, 0) is 36.4 Å². The largest absolute Gasteiger partial charge is 0.465 e. The molecule has 2 aromatic carbocycles. The highest BCUT2D eigenvalue weighted by molar-refractivity contribution is 7.15. The van der Waals surface area contributed by atoms with Crippen LogP contribution >= 0.6 is 22.9 Å². The number of thiazole rings is 1. The van der Waals surface area contributed by atoms with E-state index < -0.39 is 5.97 Å². The summed E-state index contributed by atoms with van der Waals surface area (Å²) in [6.07, 6.45) is 1.70. The van der Waals surface area contributed by atoms with Crippen molar-refractivity contribution in [1.29, 1.82) is 0 Å². The van der Waals surface area contributed by atoms with Gasteiger partial charge in [0.2, 0.25) is 0 Å². The van der Waals surface area contributed by atoms with Crippen molar-refractivity contribution in [2.24, 2.45) is 0 Å². The van der Waals surface area contributed by atoms with Crippen molar-refractivity contribution in [3.8, 4) is 11.3 Å². The van der Waals surface area contributed by atoms with Gasteiger partial charge in [-0.1, -0.05) is 41.1 Å². The second kappa shape index (κ2) is 7.12. The van der Waals surface area contributed by atoms with Crippen LogP contribution in [0.25, 0.3) is 33.4 Å². The molecule has 8 heteroatoms. The number of benzene rings is 2. The summed E-state index contributed by atoms with van der Waals surface area (Å²) in [4.78, 5) is 29.7. The van der Waals surface area contributed by atoms with E-state index in [1.54, 1.807) is 40.8 Å². The second-order valence-electron chi connectivity index (χ2n) is 6.52. The van der Waals surface area contributed by atoms with E-state index in [1.807, 2.05) is 24.3 Å². The van der Waals surface area contributed by atoms with Gasteiger partial charge in [-0.15, -0.1) is 0 Å². The highest BCUT2D eigenvalue weighted by Crippen LogP contribution is 2.28. The molecule has 5 rings (SSSR count). The number of halogens is 1. The summed E-state index contributed by atoms with van der Waals surface area (Å²) in [5.74, 6) is 0.598. The zero-order valence-corrected chi connectivity index (χ0v) is 17.2. The fourth-order valence-electron chi connectivity index (χ4n) is 3.27. The van der Waals surface area contributed by atoms with E-state index in [9.17, 15) is 9.59 Å². The minimum atomic E-state index is -0.502. The van der Waals surface area contributed by atoms with E-state index in [-0.39, 0.29) is 16.1 Å². The summed E-state index contributed by atoms with van der Waals surface area (Å²) in [7, 11) is 1.30. The summed E-state index contributed by atoms with van der Waals surface area (Å²) in [5.41, 5.74) is 2.44. The number of carbonyl (C=O) groups excluding carboxylic acids is 1. The van der Waals surface area contributed by atoms with Crippen LogP contribution in [-0.4, -0.2) is 22.5 Å². The first-order valence-corrected chi connectivity index (χ1v) is 10.1. The monoisotopic (exact) mass is 436 g/mol. The lowest BCUT2D eigenvalue weighted by atomic mass is 10.1. The van der Waals surface area contributed by atoms with Crippen LogP contribution in [0.5, 0.6) is 0 Å². The number of fused-ring (bicyclic) bond motifs is 3. The molecule has 148 valence electrons. The van der Waals surface area contributed by atoms with Gasteiger partial charge in [0.15, 0.2) is 4.96 Å². The molecule has 0 saturated heterocycles. The number of carbonyl (C=O) groups is 1. The Bertz CT molecular complexity index is 1550. The first-order valence-electron chi connectivity index (χ1n) is 8.95. The Labute approximate surface area is 178 Å². The molecular formula is C22H13ClN2O4S. The maximum absolute atomic E-state index is 12.9. The zero-order chi connectivity index (χ0) is 20.8. The Morgan fingerprint density at radius 1 is 1.20 bits per heavy atom. The van der Waals surface area contributed by atoms with E-state index in [0.717, 1.165) is 11.0 Å². The molecule has 6 nitrogen and oxygen atoms in total. The van der Waals surface area contributed by atoms with Crippen LogP contribution in [-0.2, 0) is 4.74 Å². The first kappa shape index (κ1) is 18.6. The number of ether oxygens (including phenoxy) is 1. The van der Waals surface area contributed by atoms with Gasteiger partial charge in [0.05, 0.1) is 28.7 Å². The average Bonchev–Trinajstić information content (AvgIpc) is 3.43. The normalized spacial score (nSPS) is 12.1. The molecule has 0 amide bonds. The van der Waals surface area contributed by atoms with Crippen molar-refractivity contribution in [1.82, 2.24) is 9.38 Å². The van der Waals surface area contributed by atoms with E-state index in [0.29, 0.717) is 26.6 Å². The molecule has 0 spiro atoms. The molecule has 5 aromatic rings. The molecule has 0 aliphatic rings. The van der Waals surface area contributed by atoms with Gasteiger partial charge in [0, 0.05) is 11.6 Å². The highest BCUT2D eigenvalue weighted by atomic mass is 35.5. The van der Waals surface area contributed by atoms with Crippen molar-refractivity contribution < 1.29 is 13.9 Å². The average molecular weight is 437 g/mol. The van der Waals surface area contributed by atoms with Gasteiger partial charge >= 0.3 is 5.97 Å². The molecule has 0 bridgehead atoms. The first-order chi connectivity index (χ1) is 14.5. The Morgan fingerprint density at radius 2 is 2.03 bits per heavy atom. The van der Waals surface area contributed by atoms with Gasteiger partial charge in [-0.3, -0.25) is 4.79 Å². The van der Waals surface area contributed by atoms with Crippen LogP contribution in [0, 0.1) is 0 Å². The molecule has 3 heterocycles. The fourth-order valence-corrected chi connectivity index (χ4v) is 4.50. The lowest BCUT2D eigenvalue weighted by molar-refractivity contribution is 0.0601. The molecule has 0 aliphatic heterocycles. The number of hydrogen-bond donors (Lipinski definition) is 0. The SMILES string of the molecule is COC(=O)c1ccc(-c2ccc(/C=c3/sc4nc5ccccc5n4c3=O)o2)cc1Cl. The number of methoxy groups -OCH3 is 1. The van der Waals surface area contributed by atoms with Crippen molar-refractivity contribution in [3.05, 3.63) is 85.8 Å². The molecule has 0 unspecified atom stereocenters. The third kappa shape index (κ3) is 2.99. The molecular weight excluding hydrogens is 424 g/mol. The van der Waals surface area contributed by atoms with Gasteiger partial charge in [0.1, 0.15) is 16.1 Å². The van der Waals surface area contributed by atoms with Crippen molar-refractivity contribution in [2.75, 3.05) is 7.11 Å². The highest BCUT2D eigenvalue weighted by Gasteiger charge is 2.14. The molecule has 0 atom stereocenters. The summed E-state index contributed by atoms with van der Waals surface area (Å²) in [6.45, 7) is 0. The summed E-state index contributed by atoms with van der Waals surface area (Å²) in [5, 5.41) is 0.273. The van der Waals surface area contributed by atoms with Crippen LogP contribution in [0.1, 0.15) is 16.1 Å². The molecule has 0 saturated carbocycles. The topological polar surface area (TPSA) is 73.8 Å². The zero-order valence-electron chi connectivity index (χ0n) is 15.6. The van der Waals surface area contributed by atoms with Crippen LogP contribution in [0.3, 0.4) is 0 Å². The third-order valence-electron chi connectivity index (χ3n) is 4.70. The number of aromatic nitrogens is 2. The van der Waals surface area contributed by atoms with Crippen LogP contribution < -0.4 is 10.1 Å². The Balaban J connectivity index is 1.54. The van der Waals surface area contributed by atoms with Crippen molar-refractivity contribution in [3.63, 3.8) is 0 Å². The van der Waals surface area contributed by atoms with Crippen molar-refractivity contribution in [2.45, 2.75) is 0 Å². The number of rotatable bonds is 3. The predicted molar refractivity (Wildman–Crippen MR) is 116 cm³/mol. The van der Waals surface area contributed by atoms with Crippen LogP contribution in [0.15, 0.2) is 63.8 Å². The van der Waals surface area contributed by atoms with E-state index >= 15 is 0 Å². The minimum absolute atomic E-state index is 0.132. The number of hydrogen-bond acceptors (Lipinski definition) is 6. The van der Waals surface area contributed by atoms with Crippen LogP contribution in [0.2, 0.25) is 5.02 Å². The standard InChI is InChI=1S/C22H13ClN2O4S/c1-28-21(27)14-8-6-12(10-15(14)23)18-9-7-13(29-18)11-19-20(26)25-17-5-3-2-4-16(17)24-22(25)30-19/h2-11H,1H3/b19-11+. The maximum atomic E-state index is 12.9. The Hall–Kier alpha value is -3.42. The van der Waals surface area contributed by atoms with Gasteiger partial charge in [-0.2, -0.15) is 0 Å². The van der Waals surface area contributed by atoms with E-state index in [2.05, 4.69) is 4.98 Å². The molecule has 3 aromatic heterocycles. The molecule has 0 fully saturated rings. The fraction of sp³-hybridized carbons (Fsp3) is 0.0455. The molecule has 0 radical (unpaired) electrons. The lowest BCUT2D eigenvalue weighted by Gasteiger charge is -2.04. The summed E-state index contributed by atoms with van der Waals surface area (Å²) < 4.78 is 12.7. The third-order valence-corrected chi connectivity index (χ3v) is 5.99. The summed E-state index contributed by atoms with van der Waals surface area (Å²) >= 11 is 7.50. The second-order valence-corrected chi connectivity index (χ2v) is 7.94. The lowest BCUT2D eigenvalue weighted by Crippen LogP contribution is -2.22. The number of nitrogens with zero attached hydrogens (tertiary/aromatic N) is 2. The van der Waals surface area contributed by atoms with Gasteiger partial charge < -0.3 is 9.15 Å². The molecule has 0 N–H and O–H groups in total. The quantitative estimate of drug-likeness (QED) is 0.397. The Kier molecular flexibility index (Phi) is 4.42. The van der Waals surface area contributed by atoms with Crippen LogP contribution in [0.4, 0.5) is 0 Å². The number of para-hydroxylation sites is 2. The van der Waals surface area contributed by atoms with Gasteiger partial charge in [0.25, 0.3) is 5.56 Å². The minimum Gasteiger partial charge on any atom is -0.465 e. The van der Waals surface area contributed by atoms with E-state index in [1.165, 1.54) is 18.4 Å². The summed E-state index contributed by atoms with van der Waals surface area (Å²) in [6, 6.07) is 16.0. The van der Waals surface area contributed by atoms with Gasteiger partial charge in [-0.25, -0.2) is 14.2 Å². The molecule has 0 aliphatic carbocycles. The number of furan rings is 1. The van der Waals surface area contributed by atoms with E-state index in [4.69, 9.17) is 20.8 Å².